The lowest BCUT2D eigenvalue weighted by Gasteiger charge is -2.06. The first-order chi connectivity index (χ1) is 7.59. The van der Waals surface area contributed by atoms with Crippen molar-refractivity contribution in [2.75, 3.05) is 6.54 Å². The van der Waals surface area contributed by atoms with E-state index in [1.807, 2.05) is 18.2 Å². The molecule has 0 bridgehead atoms. The molecule has 3 nitrogen and oxygen atoms in total. The monoisotopic (exact) mass is 305 g/mol. The van der Waals surface area contributed by atoms with Crippen molar-refractivity contribution in [3.8, 4) is 0 Å². The Morgan fingerprint density at radius 1 is 1.50 bits per heavy atom. The first-order valence-corrected chi connectivity index (χ1v) is 6.13. The Hall–Kier alpha value is -0.580. The number of rotatable bonds is 6. The molecule has 0 amide bonds. The molecule has 1 aromatic rings. The van der Waals surface area contributed by atoms with Crippen molar-refractivity contribution in [1.82, 2.24) is 5.32 Å². The number of aliphatic carboxylic acids is 1. The van der Waals surface area contributed by atoms with Crippen LogP contribution in [0.25, 0.3) is 0 Å². The fourth-order valence-corrected chi connectivity index (χ4v) is 1.99. The fraction of sp³-hybridized carbons (Fsp3) is 0.364. The van der Waals surface area contributed by atoms with Crippen molar-refractivity contribution in [3.05, 3.63) is 33.3 Å². The maximum atomic E-state index is 10.3. The van der Waals surface area contributed by atoms with E-state index in [-0.39, 0.29) is 6.42 Å². The summed E-state index contributed by atoms with van der Waals surface area (Å²) >= 11 is 9.36. The molecule has 0 aliphatic heterocycles. The minimum atomic E-state index is -0.761. The Morgan fingerprint density at radius 2 is 2.25 bits per heavy atom. The average Bonchev–Trinajstić information content (AvgIpc) is 2.20. The molecule has 2 N–H and O–H groups in total. The second-order valence-corrected chi connectivity index (χ2v) is 4.73. The van der Waals surface area contributed by atoms with Gasteiger partial charge in [0.1, 0.15) is 0 Å². The van der Waals surface area contributed by atoms with Crippen molar-refractivity contribution >= 4 is 33.5 Å². The summed E-state index contributed by atoms with van der Waals surface area (Å²) in [5.41, 5.74) is 1.01. The number of carbonyl (C=O) groups is 1. The first-order valence-electron chi connectivity index (χ1n) is 4.96. The van der Waals surface area contributed by atoms with Crippen LogP contribution in [-0.2, 0) is 11.3 Å². The second kappa shape index (κ2) is 6.89. The van der Waals surface area contributed by atoms with E-state index >= 15 is 0 Å². The molecule has 0 aliphatic carbocycles. The quantitative estimate of drug-likeness (QED) is 0.794. The van der Waals surface area contributed by atoms with Gasteiger partial charge in [-0.2, -0.15) is 0 Å². The summed E-state index contributed by atoms with van der Waals surface area (Å²) in [6.45, 7) is 1.34. The van der Waals surface area contributed by atoms with Crippen LogP contribution in [0.5, 0.6) is 0 Å². The van der Waals surface area contributed by atoms with Crippen LogP contribution in [0.2, 0.25) is 5.02 Å². The lowest BCUT2D eigenvalue weighted by atomic mass is 10.2. The summed E-state index contributed by atoms with van der Waals surface area (Å²) in [4.78, 5) is 10.3. The Labute approximate surface area is 108 Å². The van der Waals surface area contributed by atoms with Gasteiger partial charge in [0, 0.05) is 22.5 Å². The minimum absolute atomic E-state index is 0.196. The average molecular weight is 307 g/mol. The molecule has 0 spiro atoms. The van der Waals surface area contributed by atoms with Gasteiger partial charge in [0.05, 0.1) is 0 Å². The first kappa shape index (κ1) is 13.5. The lowest BCUT2D eigenvalue weighted by molar-refractivity contribution is -0.137. The van der Waals surface area contributed by atoms with Crippen LogP contribution in [0.3, 0.4) is 0 Å². The molecule has 0 fully saturated rings. The molecule has 0 saturated carbocycles. The third-order valence-electron chi connectivity index (χ3n) is 2.07. The predicted molar refractivity (Wildman–Crippen MR) is 67.7 cm³/mol. The van der Waals surface area contributed by atoms with Crippen molar-refractivity contribution in [1.29, 1.82) is 0 Å². The van der Waals surface area contributed by atoms with Gasteiger partial charge in [0.25, 0.3) is 0 Å². The summed E-state index contributed by atoms with van der Waals surface area (Å²) in [5, 5.41) is 12.3. The molecule has 0 aromatic heterocycles. The highest BCUT2D eigenvalue weighted by Crippen LogP contribution is 2.20. The summed E-state index contributed by atoms with van der Waals surface area (Å²) in [7, 11) is 0. The van der Waals surface area contributed by atoms with E-state index in [4.69, 9.17) is 16.7 Å². The standard InChI is InChI=1S/C11H13BrClNO2/c12-9-4-3-8(10(13)6-9)7-14-5-1-2-11(15)16/h3-4,6,14H,1-2,5,7H2,(H,15,16). The Bertz CT molecular complexity index is 371. The number of benzene rings is 1. The molecule has 16 heavy (non-hydrogen) atoms. The Kier molecular flexibility index (Phi) is 5.80. The summed E-state index contributed by atoms with van der Waals surface area (Å²) in [5.74, 6) is -0.761. The maximum absolute atomic E-state index is 10.3. The van der Waals surface area contributed by atoms with Crippen LogP contribution >= 0.6 is 27.5 Å². The van der Waals surface area contributed by atoms with Gasteiger partial charge < -0.3 is 10.4 Å². The third-order valence-corrected chi connectivity index (χ3v) is 2.92. The zero-order chi connectivity index (χ0) is 12.0. The zero-order valence-corrected chi connectivity index (χ0v) is 11.0. The highest BCUT2D eigenvalue weighted by atomic mass is 79.9. The van der Waals surface area contributed by atoms with Crippen molar-refractivity contribution in [3.63, 3.8) is 0 Å². The number of halogens is 2. The molecular formula is C11H13BrClNO2. The molecule has 5 heteroatoms. The van der Waals surface area contributed by atoms with Crippen LogP contribution in [0.15, 0.2) is 22.7 Å². The minimum Gasteiger partial charge on any atom is -0.481 e. The van der Waals surface area contributed by atoms with Crippen LogP contribution in [0.4, 0.5) is 0 Å². The second-order valence-electron chi connectivity index (χ2n) is 3.41. The zero-order valence-electron chi connectivity index (χ0n) is 8.67. The van der Waals surface area contributed by atoms with Crippen molar-refractivity contribution in [2.45, 2.75) is 19.4 Å². The summed E-state index contributed by atoms with van der Waals surface area (Å²) in [6, 6.07) is 5.71. The largest absolute Gasteiger partial charge is 0.481 e. The van der Waals surface area contributed by atoms with E-state index < -0.39 is 5.97 Å². The Morgan fingerprint density at radius 3 is 2.88 bits per heavy atom. The molecule has 0 aliphatic rings. The molecular weight excluding hydrogens is 293 g/mol. The number of hydrogen-bond donors (Lipinski definition) is 2. The lowest BCUT2D eigenvalue weighted by Crippen LogP contribution is -2.15. The van der Waals surface area contributed by atoms with E-state index in [0.717, 1.165) is 10.0 Å². The van der Waals surface area contributed by atoms with Crippen LogP contribution in [0.1, 0.15) is 18.4 Å². The normalized spacial score (nSPS) is 10.4. The molecule has 0 heterocycles. The van der Waals surface area contributed by atoms with Gasteiger partial charge in [0.2, 0.25) is 0 Å². The van der Waals surface area contributed by atoms with Gasteiger partial charge in [-0.1, -0.05) is 33.6 Å². The van der Waals surface area contributed by atoms with Gasteiger partial charge in [-0.25, -0.2) is 0 Å². The summed E-state index contributed by atoms with van der Waals surface area (Å²) < 4.78 is 0.951. The van der Waals surface area contributed by atoms with Gasteiger partial charge in [-0.05, 0) is 30.7 Å². The molecule has 0 radical (unpaired) electrons. The summed E-state index contributed by atoms with van der Waals surface area (Å²) in [6.07, 6.45) is 0.824. The van der Waals surface area contributed by atoms with E-state index in [2.05, 4.69) is 21.2 Å². The number of nitrogens with one attached hydrogen (secondary N) is 1. The maximum Gasteiger partial charge on any atom is 0.303 e. The van der Waals surface area contributed by atoms with Crippen LogP contribution < -0.4 is 5.32 Å². The van der Waals surface area contributed by atoms with E-state index in [0.29, 0.717) is 24.5 Å². The Balaban J connectivity index is 2.29. The van der Waals surface area contributed by atoms with Crippen molar-refractivity contribution < 1.29 is 9.90 Å². The van der Waals surface area contributed by atoms with Gasteiger partial charge in [-0.15, -0.1) is 0 Å². The molecule has 1 aromatic carbocycles. The molecule has 0 saturated heterocycles. The van der Waals surface area contributed by atoms with E-state index in [1.54, 1.807) is 0 Å². The fourth-order valence-electron chi connectivity index (χ4n) is 1.25. The van der Waals surface area contributed by atoms with Crippen LogP contribution in [-0.4, -0.2) is 17.6 Å². The number of carboxylic acid groups (broad SMARTS) is 1. The van der Waals surface area contributed by atoms with Gasteiger partial charge in [0.15, 0.2) is 0 Å². The smallest absolute Gasteiger partial charge is 0.303 e. The molecule has 0 atom stereocenters. The number of hydrogen-bond acceptors (Lipinski definition) is 2. The van der Waals surface area contributed by atoms with E-state index in [9.17, 15) is 4.79 Å². The third kappa shape index (κ3) is 4.96. The topological polar surface area (TPSA) is 49.3 Å². The molecule has 88 valence electrons. The highest BCUT2D eigenvalue weighted by Gasteiger charge is 2.01. The number of carboxylic acids is 1. The van der Waals surface area contributed by atoms with E-state index in [1.165, 1.54) is 0 Å². The van der Waals surface area contributed by atoms with Crippen molar-refractivity contribution in [2.24, 2.45) is 0 Å². The van der Waals surface area contributed by atoms with Gasteiger partial charge in [-0.3, -0.25) is 4.79 Å². The molecule has 1 rings (SSSR count). The van der Waals surface area contributed by atoms with Gasteiger partial charge >= 0.3 is 5.97 Å². The highest BCUT2D eigenvalue weighted by molar-refractivity contribution is 9.10. The SMILES string of the molecule is O=C(O)CCCNCc1ccc(Br)cc1Cl. The predicted octanol–water partition coefficient (Wildman–Crippen LogP) is 3.06. The molecule has 0 unspecified atom stereocenters. The van der Waals surface area contributed by atoms with Crippen LogP contribution in [0, 0.1) is 0 Å².